The van der Waals surface area contributed by atoms with Gasteiger partial charge in [-0.25, -0.2) is 0 Å². The lowest BCUT2D eigenvalue weighted by Crippen LogP contribution is -2.37. The van der Waals surface area contributed by atoms with Crippen LogP contribution in [0.3, 0.4) is 0 Å². The number of aryl methyl sites for hydroxylation is 2. The highest BCUT2D eigenvalue weighted by atomic mass is 28.3. The molecule has 3 heteroatoms. The highest BCUT2D eigenvalue weighted by Gasteiger charge is 2.20. The molecule has 3 heterocycles. The second kappa shape index (κ2) is 7.77. The third-order valence-electron chi connectivity index (χ3n) is 7.48. The molecule has 37 heavy (non-hydrogen) atoms. The molecule has 2 nitrogen and oxygen atoms in total. The second-order valence-electron chi connectivity index (χ2n) is 10.8. The fourth-order valence-electron chi connectivity index (χ4n) is 5.57. The van der Waals surface area contributed by atoms with Crippen molar-refractivity contribution in [3.63, 3.8) is 0 Å². The minimum Gasteiger partial charge on any atom is -0.308 e. The van der Waals surface area contributed by atoms with Gasteiger partial charge in [0.25, 0.3) is 0 Å². The van der Waals surface area contributed by atoms with E-state index in [0.717, 1.165) is 48.8 Å². The maximum atomic E-state index is 9.02. The number of hydrogen-bond donors (Lipinski definition) is 0. The molecule has 0 bridgehead atoms. The topological polar surface area (TPSA) is 17.3 Å². The summed E-state index contributed by atoms with van der Waals surface area (Å²) in [5, 5.41) is 5.14. The Kier molecular flexibility index (Phi) is 3.36. The van der Waals surface area contributed by atoms with E-state index in [1.54, 1.807) is 18.2 Å². The number of para-hydroxylation sites is 2. The van der Waals surface area contributed by atoms with E-state index in [-0.39, 0.29) is 28.3 Å². The van der Waals surface area contributed by atoms with Crippen molar-refractivity contribution in [2.24, 2.45) is 0 Å². The summed E-state index contributed by atoms with van der Waals surface area (Å²) in [6.07, 6.45) is 1.33. The Morgan fingerprint density at radius 2 is 1.38 bits per heavy atom. The summed E-state index contributed by atoms with van der Waals surface area (Å²) in [6, 6.07) is 25.7. The van der Waals surface area contributed by atoms with Crippen LogP contribution in [-0.2, 0) is 0 Å². The average molecular weight is 502 g/mol. The highest BCUT2D eigenvalue weighted by molar-refractivity contribution is 6.88. The van der Waals surface area contributed by atoms with Crippen molar-refractivity contribution < 1.29 is 9.60 Å². The molecule has 0 N–H and O–H groups in total. The molecule has 0 amide bonds. The van der Waals surface area contributed by atoms with Crippen molar-refractivity contribution in [1.82, 2.24) is 9.38 Å². The standard InChI is InChI=1S/C34H30N2Si/c1-21-16-24(37(3,4)5)14-15-25(21)28-19-31(35-20-22(28)2)23-17-29-26-10-6-8-12-32(26)36-33-13-9-7-11-27(33)30(18-23)34(29)36/h6-20H,1-5H3/i1D3,2D3,15D. The predicted molar refractivity (Wildman–Crippen MR) is 162 cm³/mol. The minimum absolute atomic E-state index is 0.00358. The van der Waals surface area contributed by atoms with Gasteiger partial charge in [-0.3, -0.25) is 4.98 Å². The zero-order valence-electron chi connectivity index (χ0n) is 28.0. The first-order chi connectivity index (χ1) is 20.6. The van der Waals surface area contributed by atoms with Gasteiger partial charge >= 0.3 is 0 Å². The first-order valence-corrected chi connectivity index (χ1v) is 16.0. The zero-order valence-corrected chi connectivity index (χ0v) is 22.0. The Labute approximate surface area is 228 Å². The Morgan fingerprint density at radius 1 is 0.730 bits per heavy atom. The van der Waals surface area contributed by atoms with Gasteiger partial charge in [-0.05, 0) is 66.3 Å². The second-order valence-corrected chi connectivity index (χ2v) is 15.9. The molecule has 0 fully saturated rings. The van der Waals surface area contributed by atoms with Crippen LogP contribution >= 0.6 is 0 Å². The van der Waals surface area contributed by atoms with Gasteiger partial charge in [0.15, 0.2) is 0 Å². The molecule has 0 spiro atoms. The fraction of sp³-hybridized carbons (Fsp3) is 0.147. The lowest BCUT2D eigenvalue weighted by Gasteiger charge is -2.19. The van der Waals surface area contributed by atoms with Gasteiger partial charge in [0, 0.05) is 41.5 Å². The van der Waals surface area contributed by atoms with E-state index in [0.29, 0.717) is 5.69 Å². The van der Waals surface area contributed by atoms with E-state index < -0.39 is 21.8 Å². The molecule has 3 aromatic heterocycles. The smallest absolute Gasteiger partial charge is 0.0776 e. The molecule has 0 atom stereocenters. The van der Waals surface area contributed by atoms with Crippen molar-refractivity contribution in [1.29, 1.82) is 0 Å². The van der Waals surface area contributed by atoms with Crippen LogP contribution in [-0.4, -0.2) is 17.5 Å². The molecule has 180 valence electrons. The number of benzene rings is 4. The maximum absolute atomic E-state index is 9.02. The third kappa shape index (κ3) is 3.27. The van der Waals surface area contributed by atoms with Gasteiger partial charge in [0.2, 0.25) is 0 Å². The van der Waals surface area contributed by atoms with Crippen LogP contribution in [0, 0.1) is 13.7 Å². The molecule has 0 saturated heterocycles. The Morgan fingerprint density at radius 3 is 2.00 bits per heavy atom. The normalized spacial score (nSPS) is 15.9. The van der Waals surface area contributed by atoms with Gasteiger partial charge in [-0.15, -0.1) is 0 Å². The molecule has 0 radical (unpaired) electrons. The molecule has 4 aromatic carbocycles. The third-order valence-corrected chi connectivity index (χ3v) is 9.50. The van der Waals surface area contributed by atoms with Crippen LogP contribution in [0.2, 0.25) is 19.6 Å². The van der Waals surface area contributed by atoms with E-state index in [1.807, 2.05) is 24.3 Å². The van der Waals surface area contributed by atoms with E-state index in [4.69, 9.17) is 9.60 Å². The van der Waals surface area contributed by atoms with E-state index >= 15 is 0 Å². The number of fused-ring (bicyclic) bond motifs is 6. The number of rotatable bonds is 3. The molecule has 0 unspecified atom stereocenters. The minimum atomic E-state index is -2.57. The molecule has 0 aliphatic carbocycles. The average Bonchev–Trinajstić information content (AvgIpc) is 3.46. The summed E-state index contributed by atoms with van der Waals surface area (Å²) < 4.78 is 61.4. The van der Waals surface area contributed by atoms with E-state index in [1.165, 1.54) is 6.20 Å². The molecule has 0 aliphatic rings. The van der Waals surface area contributed by atoms with E-state index in [2.05, 4.69) is 65.4 Å². The van der Waals surface area contributed by atoms with Crippen LogP contribution in [0.15, 0.2) is 91.1 Å². The number of aromatic nitrogens is 2. The van der Waals surface area contributed by atoms with Crippen LogP contribution in [0.4, 0.5) is 0 Å². The van der Waals surface area contributed by atoms with Gasteiger partial charge in [0.05, 0.1) is 31.7 Å². The van der Waals surface area contributed by atoms with Crippen molar-refractivity contribution in [2.75, 3.05) is 0 Å². The molecule has 0 saturated carbocycles. The van der Waals surface area contributed by atoms with Gasteiger partial charge < -0.3 is 4.40 Å². The molecule has 7 rings (SSSR count). The van der Waals surface area contributed by atoms with Crippen molar-refractivity contribution in [3.8, 4) is 22.4 Å². The number of nitrogens with zero attached hydrogens (tertiary/aromatic N) is 2. The predicted octanol–water partition coefficient (Wildman–Crippen LogP) is 8.73. The first-order valence-electron chi connectivity index (χ1n) is 16.0. The van der Waals surface area contributed by atoms with Crippen molar-refractivity contribution >= 4 is 51.4 Å². The fourth-order valence-corrected chi connectivity index (χ4v) is 6.65. The maximum Gasteiger partial charge on any atom is 0.0776 e. The van der Waals surface area contributed by atoms with Gasteiger partial charge in [0.1, 0.15) is 0 Å². The Balaban J connectivity index is 1.56. The van der Waals surface area contributed by atoms with Crippen LogP contribution < -0.4 is 5.19 Å². The zero-order chi connectivity index (χ0) is 31.3. The molecule has 0 aliphatic heterocycles. The monoisotopic (exact) mass is 501 g/mol. The van der Waals surface area contributed by atoms with Gasteiger partial charge in [-0.2, -0.15) is 0 Å². The lowest BCUT2D eigenvalue weighted by atomic mass is 9.95. The van der Waals surface area contributed by atoms with Crippen molar-refractivity contribution in [3.05, 3.63) is 102 Å². The Hall–Kier alpha value is -3.95. The summed E-state index contributed by atoms with van der Waals surface area (Å²) in [6.45, 7) is 1.17. The van der Waals surface area contributed by atoms with E-state index in [9.17, 15) is 0 Å². The molecule has 7 aromatic rings. The van der Waals surface area contributed by atoms with Crippen LogP contribution in [0.25, 0.3) is 60.5 Å². The van der Waals surface area contributed by atoms with Gasteiger partial charge in [-0.1, -0.05) is 79.4 Å². The van der Waals surface area contributed by atoms with Crippen molar-refractivity contribution in [2.45, 2.75) is 33.3 Å². The quantitative estimate of drug-likeness (QED) is 0.221. The number of pyridine rings is 1. The Bertz CT molecular complexity index is 2170. The summed E-state index contributed by atoms with van der Waals surface area (Å²) in [4.78, 5) is 4.64. The summed E-state index contributed by atoms with van der Waals surface area (Å²) in [7, 11) is -1.98. The summed E-state index contributed by atoms with van der Waals surface area (Å²) in [5.41, 5.74) is 4.84. The lowest BCUT2D eigenvalue weighted by molar-refractivity contribution is 1.27. The molecular weight excluding hydrogens is 464 g/mol. The molecular formula is C34H30N2Si. The summed E-state index contributed by atoms with van der Waals surface area (Å²) >= 11 is 0. The summed E-state index contributed by atoms with van der Waals surface area (Å²) in [5.74, 6) is 0. The highest BCUT2D eigenvalue weighted by Crippen LogP contribution is 2.41. The van der Waals surface area contributed by atoms with Crippen LogP contribution in [0.1, 0.15) is 20.7 Å². The number of hydrogen-bond acceptors (Lipinski definition) is 1. The largest absolute Gasteiger partial charge is 0.308 e. The van der Waals surface area contributed by atoms with Crippen LogP contribution in [0.5, 0.6) is 0 Å². The first kappa shape index (κ1) is 16.0. The SMILES string of the molecule is [2H]c1cc([Si](C)(C)C)cc(C([2H])([2H])[2H])c1-c1cc(-c2cc3c4ccccc4n4c5ccccc5c(c2)c34)ncc1C([2H])([2H])[2H].